The van der Waals surface area contributed by atoms with Crippen LogP contribution >= 0.6 is 0 Å². The van der Waals surface area contributed by atoms with E-state index in [0.717, 1.165) is 30.0 Å². The number of hydrogen-bond acceptors (Lipinski definition) is 3. The Kier molecular flexibility index (Phi) is 3.55. The van der Waals surface area contributed by atoms with Crippen LogP contribution in [-0.2, 0) is 20.0 Å². The van der Waals surface area contributed by atoms with Crippen LogP contribution in [0.4, 0.5) is 11.4 Å². The summed E-state index contributed by atoms with van der Waals surface area (Å²) in [6, 6.07) is 10.1. The molecule has 1 aromatic carbocycles. The average molecular weight is 244 g/mol. The molecule has 1 aromatic heterocycles. The Morgan fingerprint density at radius 2 is 2.06 bits per heavy atom. The summed E-state index contributed by atoms with van der Waals surface area (Å²) in [6.07, 6.45) is 0.963. The Balaban J connectivity index is 2.18. The second kappa shape index (κ2) is 5.12. The number of aryl methyl sites for hydroxylation is 2. The Morgan fingerprint density at radius 1 is 1.33 bits per heavy atom. The van der Waals surface area contributed by atoms with Crippen LogP contribution in [0, 0.1) is 0 Å². The van der Waals surface area contributed by atoms with Crippen LogP contribution < -0.4 is 10.6 Å². The molecule has 4 heteroatoms. The fourth-order valence-corrected chi connectivity index (χ4v) is 2.06. The second-order valence-corrected chi connectivity index (χ2v) is 4.52. The monoisotopic (exact) mass is 244 g/mol. The Labute approximate surface area is 108 Å². The van der Waals surface area contributed by atoms with Gasteiger partial charge in [-0.3, -0.25) is 4.68 Å². The van der Waals surface area contributed by atoms with E-state index in [1.165, 1.54) is 5.69 Å². The molecule has 2 rings (SSSR count). The van der Waals surface area contributed by atoms with E-state index in [0.29, 0.717) is 0 Å². The van der Waals surface area contributed by atoms with Crippen LogP contribution in [0.2, 0.25) is 0 Å². The number of nitrogen functional groups attached to an aromatic ring is 1. The van der Waals surface area contributed by atoms with Gasteiger partial charge < -0.3 is 10.6 Å². The van der Waals surface area contributed by atoms with Gasteiger partial charge in [0.15, 0.2) is 0 Å². The van der Waals surface area contributed by atoms with Crippen molar-refractivity contribution in [3.05, 3.63) is 41.7 Å². The number of rotatable bonds is 4. The highest BCUT2D eigenvalue weighted by Gasteiger charge is 2.09. The smallest absolute Gasteiger partial charge is 0.0625 e. The van der Waals surface area contributed by atoms with Gasteiger partial charge in [0.1, 0.15) is 0 Å². The van der Waals surface area contributed by atoms with E-state index in [9.17, 15) is 0 Å². The molecule has 0 aliphatic heterocycles. The summed E-state index contributed by atoms with van der Waals surface area (Å²) in [5.74, 6) is 0. The van der Waals surface area contributed by atoms with Gasteiger partial charge in [-0.05, 0) is 24.6 Å². The van der Waals surface area contributed by atoms with Crippen molar-refractivity contribution in [2.24, 2.45) is 7.05 Å². The zero-order chi connectivity index (χ0) is 13.1. The van der Waals surface area contributed by atoms with Crippen molar-refractivity contribution in [1.29, 1.82) is 0 Å². The molecule has 0 aliphatic carbocycles. The molecule has 1 heterocycles. The van der Waals surface area contributed by atoms with Crippen molar-refractivity contribution in [2.45, 2.75) is 19.9 Å². The molecule has 0 saturated heterocycles. The van der Waals surface area contributed by atoms with Crippen molar-refractivity contribution >= 4 is 11.4 Å². The Hall–Kier alpha value is -1.97. The van der Waals surface area contributed by atoms with Crippen LogP contribution in [0.1, 0.15) is 18.3 Å². The third kappa shape index (κ3) is 2.47. The van der Waals surface area contributed by atoms with Gasteiger partial charge in [-0.15, -0.1) is 0 Å². The van der Waals surface area contributed by atoms with Gasteiger partial charge in [0, 0.05) is 14.1 Å². The molecule has 0 bridgehead atoms. The zero-order valence-corrected chi connectivity index (χ0v) is 11.2. The maximum atomic E-state index is 5.98. The summed E-state index contributed by atoms with van der Waals surface area (Å²) in [4.78, 5) is 2.14. The SMILES string of the molecule is CCc1cc(CN(C)c2ccccc2N)n(C)n1. The highest BCUT2D eigenvalue weighted by atomic mass is 15.3. The van der Waals surface area contributed by atoms with Crippen LogP contribution in [0.15, 0.2) is 30.3 Å². The van der Waals surface area contributed by atoms with E-state index in [1.54, 1.807) is 0 Å². The number of nitrogens with two attached hydrogens (primary N) is 1. The minimum Gasteiger partial charge on any atom is -0.397 e. The zero-order valence-electron chi connectivity index (χ0n) is 11.2. The number of anilines is 2. The van der Waals surface area contributed by atoms with Gasteiger partial charge in [0.25, 0.3) is 0 Å². The van der Waals surface area contributed by atoms with Gasteiger partial charge in [-0.2, -0.15) is 5.10 Å². The molecule has 0 spiro atoms. The third-order valence-electron chi connectivity index (χ3n) is 3.14. The van der Waals surface area contributed by atoms with Crippen LogP contribution in [0.5, 0.6) is 0 Å². The predicted octanol–water partition coefficient (Wildman–Crippen LogP) is 2.20. The minimum absolute atomic E-state index is 0.803. The fraction of sp³-hybridized carbons (Fsp3) is 0.357. The van der Waals surface area contributed by atoms with Gasteiger partial charge in [0.05, 0.1) is 29.3 Å². The highest BCUT2D eigenvalue weighted by molar-refractivity contribution is 5.66. The lowest BCUT2D eigenvalue weighted by atomic mass is 10.2. The fourth-order valence-electron chi connectivity index (χ4n) is 2.06. The first-order valence-electron chi connectivity index (χ1n) is 6.19. The molecule has 96 valence electrons. The van der Waals surface area contributed by atoms with E-state index < -0.39 is 0 Å². The number of nitrogens with zero attached hydrogens (tertiary/aromatic N) is 3. The molecule has 0 saturated carbocycles. The molecule has 0 amide bonds. The quantitative estimate of drug-likeness (QED) is 0.839. The summed E-state index contributed by atoms with van der Waals surface area (Å²) in [5, 5.41) is 4.46. The molecular formula is C14H20N4. The number of para-hydroxylation sites is 2. The molecular weight excluding hydrogens is 224 g/mol. The highest BCUT2D eigenvalue weighted by Crippen LogP contribution is 2.22. The van der Waals surface area contributed by atoms with Crippen molar-refractivity contribution in [3.8, 4) is 0 Å². The van der Waals surface area contributed by atoms with Gasteiger partial charge >= 0.3 is 0 Å². The number of aromatic nitrogens is 2. The lowest BCUT2D eigenvalue weighted by Crippen LogP contribution is -2.19. The Morgan fingerprint density at radius 3 is 2.67 bits per heavy atom. The van der Waals surface area contributed by atoms with E-state index in [4.69, 9.17) is 5.73 Å². The molecule has 2 N–H and O–H groups in total. The van der Waals surface area contributed by atoms with Crippen molar-refractivity contribution in [1.82, 2.24) is 9.78 Å². The molecule has 18 heavy (non-hydrogen) atoms. The lowest BCUT2D eigenvalue weighted by Gasteiger charge is -2.20. The summed E-state index contributed by atoms with van der Waals surface area (Å²) < 4.78 is 1.94. The van der Waals surface area contributed by atoms with E-state index in [1.807, 2.05) is 43.0 Å². The summed E-state index contributed by atoms with van der Waals surface area (Å²) >= 11 is 0. The van der Waals surface area contributed by atoms with Crippen LogP contribution in [0.25, 0.3) is 0 Å². The Bertz CT molecular complexity index is 530. The summed E-state index contributed by atoms with van der Waals surface area (Å²) in [7, 11) is 4.03. The molecule has 0 unspecified atom stereocenters. The maximum Gasteiger partial charge on any atom is 0.0625 e. The average Bonchev–Trinajstić information content (AvgIpc) is 2.70. The van der Waals surface area contributed by atoms with Gasteiger partial charge in [-0.1, -0.05) is 19.1 Å². The van der Waals surface area contributed by atoms with Gasteiger partial charge in [-0.25, -0.2) is 0 Å². The number of benzene rings is 1. The molecule has 0 fully saturated rings. The minimum atomic E-state index is 0.803. The molecule has 0 atom stereocenters. The molecule has 4 nitrogen and oxygen atoms in total. The summed E-state index contributed by atoms with van der Waals surface area (Å²) in [5.41, 5.74) is 10.2. The van der Waals surface area contributed by atoms with E-state index >= 15 is 0 Å². The molecule has 2 aromatic rings. The largest absolute Gasteiger partial charge is 0.397 e. The van der Waals surface area contributed by atoms with Crippen molar-refractivity contribution in [3.63, 3.8) is 0 Å². The van der Waals surface area contributed by atoms with Crippen molar-refractivity contribution < 1.29 is 0 Å². The first kappa shape index (κ1) is 12.5. The van der Waals surface area contributed by atoms with E-state index in [-0.39, 0.29) is 0 Å². The molecule has 0 aliphatic rings. The lowest BCUT2D eigenvalue weighted by molar-refractivity contribution is 0.689. The summed E-state index contributed by atoms with van der Waals surface area (Å²) in [6.45, 7) is 2.92. The van der Waals surface area contributed by atoms with Crippen molar-refractivity contribution in [2.75, 3.05) is 17.7 Å². The first-order valence-corrected chi connectivity index (χ1v) is 6.19. The standard InChI is InChI=1S/C14H20N4/c1-4-11-9-12(18(3)16-11)10-17(2)14-8-6-5-7-13(14)15/h5-9H,4,10,15H2,1-3H3. The maximum absolute atomic E-state index is 5.98. The number of hydrogen-bond donors (Lipinski definition) is 1. The molecule has 0 radical (unpaired) electrons. The second-order valence-electron chi connectivity index (χ2n) is 4.52. The van der Waals surface area contributed by atoms with Crippen LogP contribution in [0.3, 0.4) is 0 Å². The topological polar surface area (TPSA) is 47.1 Å². The third-order valence-corrected chi connectivity index (χ3v) is 3.14. The predicted molar refractivity (Wildman–Crippen MR) is 75.5 cm³/mol. The van der Waals surface area contributed by atoms with E-state index in [2.05, 4.69) is 23.0 Å². The van der Waals surface area contributed by atoms with Crippen LogP contribution in [-0.4, -0.2) is 16.8 Å². The normalized spacial score (nSPS) is 10.6. The van der Waals surface area contributed by atoms with Gasteiger partial charge in [0.2, 0.25) is 0 Å². The first-order chi connectivity index (χ1) is 8.61.